The lowest BCUT2D eigenvalue weighted by Gasteiger charge is -2.07. The Kier molecular flexibility index (Phi) is 4.49. The predicted octanol–water partition coefficient (Wildman–Crippen LogP) is 5.66. The van der Waals surface area contributed by atoms with Crippen LogP contribution in [0.25, 0.3) is 11.3 Å². The van der Waals surface area contributed by atoms with Crippen molar-refractivity contribution in [1.29, 1.82) is 0 Å². The maximum atomic E-state index is 12.3. The Balaban J connectivity index is 2.49. The van der Waals surface area contributed by atoms with Crippen LogP contribution in [0.2, 0.25) is 15.1 Å². The molecule has 0 spiro atoms. The minimum atomic E-state index is -4.40. The van der Waals surface area contributed by atoms with Gasteiger partial charge in [0.05, 0.1) is 15.7 Å². The van der Waals surface area contributed by atoms with Gasteiger partial charge < -0.3 is 0 Å². The van der Waals surface area contributed by atoms with Gasteiger partial charge >= 0.3 is 5.51 Å². The molecule has 0 N–H and O–H groups in total. The molecule has 2 aromatic rings. The van der Waals surface area contributed by atoms with E-state index in [-0.39, 0.29) is 26.8 Å². The number of rotatable bonds is 2. The molecule has 0 aliphatic rings. The average Bonchev–Trinajstić information content (AvgIpc) is 2.55. The quantitative estimate of drug-likeness (QED) is 0.642. The van der Waals surface area contributed by atoms with Gasteiger partial charge in [0.2, 0.25) is 0 Å². The summed E-state index contributed by atoms with van der Waals surface area (Å²) in [5.74, 6) is 0. The Labute approximate surface area is 131 Å². The van der Waals surface area contributed by atoms with Crippen molar-refractivity contribution in [3.63, 3.8) is 0 Å². The van der Waals surface area contributed by atoms with Gasteiger partial charge in [0, 0.05) is 29.4 Å². The zero-order valence-corrected chi connectivity index (χ0v) is 12.9. The Morgan fingerprint density at radius 1 is 1.10 bits per heavy atom. The molecule has 2 nitrogen and oxygen atoms in total. The molecule has 9 heteroatoms. The van der Waals surface area contributed by atoms with Crippen LogP contribution in [-0.4, -0.2) is 15.3 Å². The fourth-order valence-corrected chi connectivity index (χ4v) is 3.21. The number of alkyl halides is 3. The molecule has 0 fully saturated rings. The SMILES string of the molecule is Cn1nc(SC(F)(F)F)cc1-c1c(Cl)cc(Cl)cc1Cl. The van der Waals surface area contributed by atoms with Gasteiger partial charge in [-0.2, -0.15) is 18.3 Å². The van der Waals surface area contributed by atoms with E-state index >= 15 is 0 Å². The molecule has 1 aromatic carbocycles. The highest BCUT2D eigenvalue weighted by atomic mass is 35.5. The Hall–Kier alpha value is -0.560. The number of hydrogen-bond donors (Lipinski definition) is 0. The first kappa shape index (κ1) is 15.8. The first-order valence-corrected chi connectivity index (χ1v) is 7.07. The maximum absolute atomic E-state index is 12.3. The van der Waals surface area contributed by atoms with E-state index in [0.29, 0.717) is 16.3 Å². The van der Waals surface area contributed by atoms with Gasteiger partial charge in [-0.1, -0.05) is 34.8 Å². The fourth-order valence-electron chi connectivity index (χ4n) is 1.63. The first-order valence-electron chi connectivity index (χ1n) is 5.12. The monoisotopic (exact) mass is 360 g/mol. The van der Waals surface area contributed by atoms with E-state index in [0.717, 1.165) is 0 Å². The van der Waals surface area contributed by atoms with Crippen molar-refractivity contribution in [3.8, 4) is 11.3 Å². The molecule has 0 radical (unpaired) electrons. The van der Waals surface area contributed by atoms with E-state index in [1.54, 1.807) is 0 Å². The molecule has 0 aliphatic heterocycles. The Morgan fingerprint density at radius 3 is 2.15 bits per heavy atom. The van der Waals surface area contributed by atoms with Crippen LogP contribution in [0, 0.1) is 0 Å². The molecule has 0 amide bonds. The van der Waals surface area contributed by atoms with Crippen molar-refractivity contribution in [2.24, 2.45) is 7.05 Å². The number of hydrogen-bond acceptors (Lipinski definition) is 2. The van der Waals surface area contributed by atoms with Crippen molar-refractivity contribution in [3.05, 3.63) is 33.3 Å². The average molecular weight is 362 g/mol. The number of aryl methyl sites for hydroxylation is 1. The predicted molar refractivity (Wildman–Crippen MR) is 75.6 cm³/mol. The Morgan fingerprint density at radius 2 is 1.65 bits per heavy atom. The van der Waals surface area contributed by atoms with Gasteiger partial charge in [-0.15, -0.1) is 0 Å². The fraction of sp³-hybridized carbons (Fsp3) is 0.182. The second-order valence-corrected chi connectivity index (χ2v) is 6.12. The largest absolute Gasteiger partial charge is 0.447 e. The molecule has 0 saturated heterocycles. The summed E-state index contributed by atoms with van der Waals surface area (Å²) >= 11 is 17.6. The smallest absolute Gasteiger partial charge is 0.267 e. The highest BCUT2D eigenvalue weighted by molar-refractivity contribution is 8.00. The molecule has 1 heterocycles. The van der Waals surface area contributed by atoms with Crippen molar-refractivity contribution < 1.29 is 13.2 Å². The number of benzene rings is 1. The van der Waals surface area contributed by atoms with E-state index in [1.165, 1.54) is 29.9 Å². The first-order chi connectivity index (χ1) is 9.17. The maximum Gasteiger partial charge on any atom is 0.447 e. The second kappa shape index (κ2) is 5.67. The highest BCUT2D eigenvalue weighted by Gasteiger charge is 2.31. The third-order valence-corrected chi connectivity index (χ3v) is 3.80. The van der Waals surface area contributed by atoms with Gasteiger partial charge in [-0.05, 0) is 18.2 Å². The summed E-state index contributed by atoms with van der Waals surface area (Å²) in [4.78, 5) is 0. The minimum absolute atomic E-state index is 0.183. The van der Waals surface area contributed by atoms with E-state index in [4.69, 9.17) is 34.8 Å². The molecule has 0 unspecified atom stereocenters. The lowest BCUT2D eigenvalue weighted by molar-refractivity contribution is -0.0329. The molecule has 20 heavy (non-hydrogen) atoms. The number of aromatic nitrogens is 2. The molecule has 0 bridgehead atoms. The molecule has 0 aliphatic carbocycles. The summed E-state index contributed by atoms with van der Waals surface area (Å²) in [7, 11) is 1.51. The van der Waals surface area contributed by atoms with Gasteiger partial charge in [-0.3, -0.25) is 4.68 Å². The van der Waals surface area contributed by atoms with Crippen LogP contribution in [0.3, 0.4) is 0 Å². The summed E-state index contributed by atoms with van der Waals surface area (Å²) in [5.41, 5.74) is -3.63. The zero-order valence-electron chi connectivity index (χ0n) is 9.80. The zero-order chi connectivity index (χ0) is 15.1. The van der Waals surface area contributed by atoms with E-state index in [1.807, 2.05) is 0 Å². The van der Waals surface area contributed by atoms with Crippen LogP contribution in [-0.2, 0) is 7.05 Å². The molecular formula is C11H6Cl3F3N2S. The van der Waals surface area contributed by atoms with Crippen LogP contribution in [0.15, 0.2) is 23.2 Å². The van der Waals surface area contributed by atoms with E-state index in [9.17, 15) is 13.2 Å². The molecule has 0 atom stereocenters. The van der Waals surface area contributed by atoms with Gasteiger partial charge in [-0.25, -0.2) is 0 Å². The lowest BCUT2D eigenvalue weighted by Crippen LogP contribution is -2.00. The normalized spacial score (nSPS) is 11.9. The summed E-state index contributed by atoms with van der Waals surface area (Å²) in [6.45, 7) is 0. The highest BCUT2D eigenvalue weighted by Crippen LogP contribution is 2.41. The third kappa shape index (κ3) is 3.55. The molecular weight excluding hydrogens is 356 g/mol. The number of thioether (sulfide) groups is 1. The van der Waals surface area contributed by atoms with Crippen LogP contribution < -0.4 is 0 Å². The van der Waals surface area contributed by atoms with Crippen molar-refractivity contribution in [1.82, 2.24) is 9.78 Å². The summed E-state index contributed by atoms with van der Waals surface area (Å²) < 4.78 is 38.3. The number of halogens is 6. The van der Waals surface area contributed by atoms with E-state index in [2.05, 4.69) is 5.10 Å². The van der Waals surface area contributed by atoms with Gasteiger partial charge in [0.25, 0.3) is 0 Å². The van der Waals surface area contributed by atoms with Crippen LogP contribution >= 0.6 is 46.6 Å². The van der Waals surface area contributed by atoms with Crippen molar-refractivity contribution >= 4 is 46.6 Å². The second-order valence-electron chi connectivity index (χ2n) is 3.78. The molecule has 108 valence electrons. The Bertz CT molecular complexity index is 632. The van der Waals surface area contributed by atoms with Crippen LogP contribution in [0.4, 0.5) is 13.2 Å². The summed E-state index contributed by atoms with van der Waals surface area (Å²) in [6, 6.07) is 4.21. The lowest BCUT2D eigenvalue weighted by atomic mass is 10.1. The van der Waals surface area contributed by atoms with Crippen LogP contribution in [0.5, 0.6) is 0 Å². The van der Waals surface area contributed by atoms with E-state index < -0.39 is 5.51 Å². The van der Waals surface area contributed by atoms with Gasteiger partial charge in [0.15, 0.2) is 0 Å². The number of nitrogens with zero attached hydrogens (tertiary/aromatic N) is 2. The minimum Gasteiger partial charge on any atom is -0.267 e. The molecule has 2 rings (SSSR count). The van der Waals surface area contributed by atoms with Crippen molar-refractivity contribution in [2.75, 3.05) is 0 Å². The van der Waals surface area contributed by atoms with Crippen LogP contribution in [0.1, 0.15) is 0 Å². The molecule has 0 saturated carbocycles. The summed E-state index contributed by atoms with van der Waals surface area (Å²) in [6.07, 6.45) is 0. The van der Waals surface area contributed by atoms with Gasteiger partial charge in [0.1, 0.15) is 5.03 Å². The summed E-state index contributed by atoms with van der Waals surface area (Å²) in [5, 5.41) is 4.44. The van der Waals surface area contributed by atoms with Crippen molar-refractivity contribution in [2.45, 2.75) is 10.5 Å². The third-order valence-electron chi connectivity index (χ3n) is 2.34. The molecule has 1 aromatic heterocycles. The standard InChI is InChI=1S/C11H6Cl3F3N2S/c1-19-8(4-9(18-19)20-11(15,16)17)10-6(13)2-5(12)3-7(10)14/h2-4H,1H3. The topological polar surface area (TPSA) is 17.8 Å².